The minimum absolute atomic E-state index is 0.396. The van der Waals surface area contributed by atoms with Crippen LogP contribution >= 0.6 is 0 Å². The van der Waals surface area contributed by atoms with Crippen LogP contribution in [0.2, 0.25) is 0 Å². The second kappa shape index (κ2) is 23.3. The predicted octanol–water partition coefficient (Wildman–Crippen LogP) is 15.3. The maximum atomic E-state index is 11.1. The zero-order valence-corrected chi connectivity index (χ0v) is 41.8. The third-order valence-electron chi connectivity index (χ3n) is 17.7. The van der Waals surface area contributed by atoms with E-state index < -0.39 is 11.7 Å². The minimum atomic E-state index is -0.859. The van der Waals surface area contributed by atoms with Gasteiger partial charge in [0.2, 0.25) is 0 Å². The number of rotatable bonds is 25. The second-order valence-corrected chi connectivity index (χ2v) is 22.1. The largest absolute Gasteiger partial charge is 0.497 e. The highest BCUT2D eigenvalue weighted by atomic mass is 16.5. The Morgan fingerprint density at radius 1 is 0.631 bits per heavy atom. The van der Waals surface area contributed by atoms with Crippen LogP contribution < -0.4 is 9.47 Å². The molecule has 0 aromatic heterocycles. The maximum absolute atomic E-state index is 11.1. The topological polar surface area (TPSA) is 57.2 Å². The number of methoxy groups -OCH3 is 2. The minimum Gasteiger partial charge on any atom is -0.497 e. The lowest BCUT2D eigenvalue weighted by molar-refractivity contribution is -0.0641. The summed E-state index contributed by atoms with van der Waals surface area (Å²) in [5, 5.41) is 11.1. The number of hydrogen-bond donors (Lipinski definition) is 1. The van der Waals surface area contributed by atoms with Crippen LogP contribution in [0, 0.1) is 46.3 Å². The van der Waals surface area contributed by atoms with E-state index in [4.69, 9.17) is 18.9 Å². The summed E-state index contributed by atoms with van der Waals surface area (Å²) in [6, 6.07) is 26.6. The van der Waals surface area contributed by atoms with Gasteiger partial charge >= 0.3 is 0 Å². The molecule has 7 rings (SSSR count). The van der Waals surface area contributed by atoms with Crippen LogP contribution in [0.1, 0.15) is 180 Å². The van der Waals surface area contributed by atoms with Crippen LogP contribution in [0.4, 0.5) is 0 Å². The number of fused-ring (bicyclic) bond motifs is 5. The molecule has 1 N–H and O–H groups in total. The van der Waals surface area contributed by atoms with Gasteiger partial charge < -0.3 is 24.1 Å². The molecule has 0 saturated heterocycles. The van der Waals surface area contributed by atoms with E-state index in [0.29, 0.717) is 30.0 Å². The average molecular weight is 889 g/mol. The summed E-state index contributed by atoms with van der Waals surface area (Å²) in [7, 11) is 3.37. The standard InChI is InChI=1S/C60H88O5/c1-44(2)19-18-20-45(3)55-34-35-56-54-33-28-49-43-53(36-39-58(49,4)57(54)37-40-59(55,56)5)64-41-17-12-10-8-9-11-16-23-50(61)38-42-65-60(46-21-14-13-15-22-46,47-24-29-51(62-6)30-25-47)48-26-31-52(63-7)32-27-48/h13-15,21-22,24-32,44-45,50,53-57,61H,8-12,16-20,23,33-43H2,1-7H3/t45-,50?,53?,54?,55-,56?,57?,58+,59-/m1/s1. The van der Waals surface area contributed by atoms with Crippen LogP contribution in [-0.4, -0.2) is 44.7 Å². The van der Waals surface area contributed by atoms with E-state index in [-0.39, 0.29) is 0 Å². The average Bonchev–Trinajstić information content (AvgIpc) is 3.68. The molecule has 4 aliphatic carbocycles. The van der Waals surface area contributed by atoms with Crippen LogP contribution in [0.5, 0.6) is 11.5 Å². The van der Waals surface area contributed by atoms with Crippen LogP contribution in [0.25, 0.3) is 0 Å². The lowest BCUT2D eigenvalue weighted by atomic mass is 9.47. The van der Waals surface area contributed by atoms with E-state index in [0.717, 1.165) is 89.6 Å². The van der Waals surface area contributed by atoms with Gasteiger partial charge in [-0.2, -0.15) is 0 Å². The van der Waals surface area contributed by atoms with Gasteiger partial charge in [0.25, 0.3) is 0 Å². The molecule has 3 aromatic rings. The Hall–Kier alpha value is -3.12. The Balaban J connectivity index is 0.788. The molecule has 0 radical (unpaired) electrons. The first kappa shape index (κ1) is 49.8. The Bertz CT molecular complexity index is 1840. The fourth-order valence-electron chi connectivity index (χ4n) is 14.0. The van der Waals surface area contributed by atoms with E-state index >= 15 is 0 Å². The molecular formula is C60H88O5. The summed E-state index contributed by atoms with van der Waals surface area (Å²) >= 11 is 0. The molecule has 358 valence electrons. The fourth-order valence-corrected chi connectivity index (χ4v) is 14.0. The van der Waals surface area contributed by atoms with Gasteiger partial charge in [-0.1, -0.05) is 159 Å². The van der Waals surface area contributed by atoms with Crippen molar-refractivity contribution in [3.8, 4) is 11.5 Å². The Labute approximate surface area is 395 Å². The molecule has 0 amide bonds. The normalized spacial score (nSPS) is 27.3. The third kappa shape index (κ3) is 11.6. The Morgan fingerprint density at radius 2 is 1.26 bits per heavy atom. The van der Waals surface area contributed by atoms with Gasteiger partial charge in [-0.25, -0.2) is 0 Å². The van der Waals surface area contributed by atoms with Crippen LogP contribution in [0.15, 0.2) is 90.5 Å². The molecular weight excluding hydrogens is 801 g/mol. The van der Waals surface area contributed by atoms with E-state index in [9.17, 15) is 5.11 Å². The molecule has 65 heavy (non-hydrogen) atoms. The molecule has 4 aliphatic rings. The molecule has 5 unspecified atom stereocenters. The number of benzene rings is 3. The van der Waals surface area contributed by atoms with E-state index in [1.807, 2.05) is 30.3 Å². The zero-order valence-electron chi connectivity index (χ0n) is 41.8. The monoisotopic (exact) mass is 889 g/mol. The molecule has 3 fully saturated rings. The van der Waals surface area contributed by atoms with Gasteiger partial charge in [0, 0.05) is 6.61 Å². The van der Waals surface area contributed by atoms with Crippen molar-refractivity contribution in [3.05, 3.63) is 107 Å². The molecule has 0 bridgehead atoms. The van der Waals surface area contributed by atoms with Crippen LogP contribution in [0.3, 0.4) is 0 Å². The summed E-state index contributed by atoms with van der Waals surface area (Å²) in [6.45, 7) is 14.1. The van der Waals surface area contributed by atoms with E-state index in [1.54, 1.807) is 19.8 Å². The van der Waals surface area contributed by atoms with Gasteiger partial charge in [-0.05, 0) is 158 Å². The first-order valence-electron chi connectivity index (χ1n) is 26.5. The SMILES string of the molecule is COc1ccc(C(OCCC(O)CCCCCCCCCOC2CC[C@@]3(C)C(=CCC4C3CC[C@@]3(C)C4CC[C@@H]3[C@H](C)CCCC(C)C)C2)(c2ccccc2)c2ccc(OC)cc2)cc1. The maximum Gasteiger partial charge on any atom is 0.143 e. The molecule has 0 spiro atoms. The van der Waals surface area contributed by atoms with Crippen molar-refractivity contribution in [3.63, 3.8) is 0 Å². The number of aliphatic hydroxyl groups is 1. The predicted molar refractivity (Wildman–Crippen MR) is 269 cm³/mol. The molecule has 3 aromatic carbocycles. The number of hydrogen-bond acceptors (Lipinski definition) is 5. The molecule has 9 atom stereocenters. The van der Waals surface area contributed by atoms with Crippen molar-refractivity contribution in [2.45, 2.75) is 181 Å². The van der Waals surface area contributed by atoms with Crippen molar-refractivity contribution in [1.82, 2.24) is 0 Å². The van der Waals surface area contributed by atoms with Crippen molar-refractivity contribution in [2.75, 3.05) is 27.4 Å². The highest BCUT2D eigenvalue weighted by Gasteiger charge is 2.59. The smallest absolute Gasteiger partial charge is 0.143 e. The highest BCUT2D eigenvalue weighted by Crippen LogP contribution is 2.67. The summed E-state index contributed by atoms with van der Waals surface area (Å²) in [5.74, 6) is 6.98. The van der Waals surface area contributed by atoms with Crippen molar-refractivity contribution >= 4 is 0 Å². The number of unbranched alkanes of at least 4 members (excludes halogenated alkanes) is 6. The van der Waals surface area contributed by atoms with Gasteiger partial charge in [-0.15, -0.1) is 0 Å². The van der Waals surface area contributed by atoms with Gasteiger partial charge in [-0.3, -0.25) is 0 Å². The number of ether oxygens (including phenoxy) is 4. The third-order valence-corrected chi connectivity index (χ3v) is 17.7. The van der Waals surface area contributed by atoms with E-state index in [2.05, 4.69) is 89.2 Å². The van der Waals surface area contributed by atoms with Crippen molar-refractivity contribution in [1.29, 1.82) is 0 Å². The summed E-state index contributed by atoms with van der Waals surface area (Å²) in [5.41, 5.74) is 4.92. The summed E-state index contributed by atoms with van der Waals surface area (Å²) in [6.07, 6.45) is 27.7. The summed E-state index contributed by atoms with van der Waals surface area (Å²) in [4.78, 5) is 0. The lowest BCUT2D eigenvalue weighted by Crippen LogP contribution is -2.51. The number of aliphatic hydroxyl groups excluding tert-OH is 1. The highest BCUT2D eigenvalue weighted by molar-refractivity contribution is 5.49. The van der Waals surface area contributed by atoms with Gasteiger partial charge in [0.05, 0.1) is 33.0 Å². The molecule has 5 heteroatoms. The lowest BCUT2D eigenvalue weighted by Gasteiger charge is -2.58. The first-order valence-corrected chi connectivity index (χ1v) is 26.5. The van der Waals surface area contributed by atoms with Crippen molar-refractivity contribution < 1.29 is 24.1 Å². The number of allylic oxidation sites excluding steroid dienone is 1. The van der Waals surface area contributed by atoms with Crippen molar-refractivity contribution in [2.24, 2.45) is 46.3 Å². The molecule has 3 saturated carbocycles. The van der Waals surface area contributed by atoms with Gasteiger partial charge in [0.15, 0.2) is 0 Å². The molecule has 0 aliphatic heterocycles. The first-order chi connectivity index (χ1) is 31.5. The Kier molecular flexibility index (Phi) is 17.8. The summed E-state index contributed by atoms with van der Waals surface area (Å²) < 4.78 is 24.6. The van der Waals surface area contributed by atoms with Crippen LogP contribution in [-0.2, 0) is 15.1 Å². The zero-order chi connectivity index (χ0) is 45.9. The second-order valence-electron chi connectivity index (χ2n) is 22.1. The molecule has 5 nitrogen and oxygen atoms in total. The quantitative estimate of drug-likeness (QED) is 0.0522. The van der Waals surface area contributed by atoms with E-state index in [1.165, 1.54) is 103 Å². The fraction of sp³-hybridized carbons (Fsp3) is 0.667. The molecule has 0 heterocycles. The van der Waals surface area contributed by atoms with Gasteiger partial charge in [0.1, 0.15) is 17.1 Å². The Morgan fingerprint density at radius 3 is 1.91 bits per heavy atom.